The van der Waals surface area contributed by atoms with Gasteiger partial charge in [-0.3, -0.25) is 0 Å². The lowest BCUT2D eigenvalue weighted by Crippen LogP contribution is -2.18. The SMILES string of the molecule is CCCCC(CC)Nc1ccc(OC)c(OC(F)F)c1. The maximum atomic E-state index is 12.4. The van der Waals surface area contributed by atoms with Crippen LogP contribution in [-0.2, 0) is 0 Å². The molecule has 1 rings (SSSR count). The van der Waals surface area contributed by atoms with Gasteiger partial charge in [0.2, 0.25) is 0 Å². The fourth-order valence-electron chi connectivity index (χ4n) is 2.02. The number of ether oxygens (including phenoxy) is 2. The Morgan fingerprint density at radius 2 is 1.95 bits per heavy atom. The number of unbranched alkanes of at least 4 members (excludes halogenated alkanes) is 1. The minimum Gasteiger partial charge on any atom is -0.493 e. The highest BCUT2D eigenvalue weighted by Gasteiger charge is 2.12. The van der Waals surface area contributed by atoms with Crippen LogP contribution in [0, 0.1) is 0 Å². The van der Waals surface area contributed by atoms with Crippen LogP contribution in [0.25, 0.3) is 0 Å². The molecule has 1 atom stereocenters. The molecule has 5 heteroatoms. The fourth-order valence-corrected chi connectivity index (χ4v) is 2.02. The molecule has 1 N–H and O–H groups in total. The maximum absolute atomic E-state index is 12.4. The van der Waals surface area contributed by atoms with Crippen molar-refractivity contribution < 1.29 is 18.3 Å². The molecule has 0 radical (unpaired) electrons. The molecule has 0 heterocycles. The summed E-state index contributed by atoms with van der Waals surface area (Å²) < 4.78 is 34.2. The Morgan fingerprint density at radius 3 is 2.50 bits per heavy atom. The molecule has 114 valence electrons. The summed E-state index contributed by atoms with van der Waals surface area (Å²) in [6.07, 6.45) is 4.32. The average molecular weight is 287 g/mol. The van der Waals surface area contributed by atoms with Crippen molar-refractivity contribution >= 4 is 5.69 Å². The first-order chi connectivity index (χ1) is 9.60. The minimum atomic E-state index is -2.86. The molecule has 0 aliphatic heterocycles. The van der Waals surface area contributed by atoms with Gasteiger partial charge in [-0.2, -0.15) is 8.78 Å². The van der Waals surface area contributed by atoms with Gasteiger partial charge in [0.05, 0.1) is 7.11 Å². The summed E-state index contributed by atoms with van der Waals surface area (Å²) in [5.74, 6) is 0.357. The normalized spacial score (nSPS) is 12.3. The Morgan fingerprint density at radius 1 is 1.20 bits per heavy atom. The lowest BCUT2D eigenvalue weighted by molar-refractivity contribution is -0.0511. The number of hydrogen-bond acceptors (Lipinski definition) is 3. The highest BCUT2D eigenvalue weighted by molar-refractivity contribution is 5.55. The largest absolute Gasteiger partial charge is 0.493 e. The van der Waals surface area contributed by atoms with Gasteiger partial charge in [0.15, 0.2) is 11.5 Å². The van der Waals surface area contributed by atoms with Gasteiger partial charge in [-0.1, -0.05) is 26.7 Å². The van der Waals surface area contributed by atoms with Gasteiger partial charge < -0.3 is 14.8 Å². The summed E-state index contributed by atoms with van der Waals surface area (Å²) in [5.41, 5.74) is 0.768. The van der Waals surface area contributed by atoms with Crippen LogP contribution in [0.15, 0.2) is 18.2 Å². The predicted octanol–water partition coefficient (Wildman–Crippen LogP) is 4.68. The second-order valence-corrected chi connectivity index (χ2v) is 4.64. The van der Waals surface area contributed by atoms with Crippen molar-refractivity contribution in [1.29, 1.82) is 0 Å². The van der Waals surface area contributed by atoms with E-state index >= 15 is 0 Å². The number of anilines is 1. The number of halogens is 2. The quantitative estimate of drug-likeness (QED) is 0.715. The van der Waals surface area contributed by atoms with Crippen LogP contribution in [0.3, 0.4) is 0 Å². The summed E-state index contributed by atoms with van der Waals surface area (Å²) in [6.45, 7) is 1.39. The number of rotatable bonds is 9. The van der Waals surface area contributed by atoms with E-state index in [4.69, 9.17) is 4.74 Å². The first kappa shape index (κ1) is 16.5. The van der Waals surface area contributed by atoms with Crippen LogP contribution in [0.2, 0.25) is 0 Å². The maximum Gasteiger partial charge on any atom is 0.387 e. The summed E-state index contributed by atoms with van der Waals surface area (Å²) in [7, 11) is 1.43. The fraction of sp³-hybridized carbons (Fsp3) is 0.600. The second kappa shape index (κ2) is 8.61. The average Bonchev–Trinajstić information content (AvgIpc) is 2.43. The predicted molar refractivity (Wildman–Crippen MR) is 76.9 cm³/mol. The molecular formula is C15H23F2NO2. The van der Waals surface area contributed by atoms with Gasteiger partial charge >= 0.3 is 6.61 Å². The van der Waals surface area contributed by atoms with Crippen LogP contribution in [0.4, 0.5) is 14.5 Å². The number of hydrogen-bond donors (Lipinski definition) is 1. The van der Waals surface area contributed by atoms with E-state index < -0.39 is 6.61 Å². The molecule has 20 heavy (non-hydrogen) atoms. The van der Waals surface area contributed by atoms with Crippen LogP contribution in [0.1, 0.15) is 39.5 Å². The van der Waals surface area contributed by atoms with E-state index in [-0.39, 0.29) is 5.75 Å². The molecule has 0 aliphatic carbocycles. The standard InChI is InChI=1S/C15H23F2NO2/c1-4-6-7-11(5-2)18-12-8-9-13(19-3)14(10-12)20-15(16)17/h8-11,15,18H,4-7H2,1-3H3. The molecule has 0 amide bonds. The summed E-state index contributed by atoms with van der Waals surface area (Å²) in [4.78, 5) is 0. The highest BCUT2D eigenvalue weighted by Crippen LogP contribution is 2.32. The lowest BCUT2D eigenvalue weighted by Gasteiger charge is -2.19. The molecule has 0 aromatic heterocycles. The van der Waals surface area contributed by atoms with Crippen molar-refractivity contribution in [2.75, 3.05) is 12.4 Å². The molecular weight excluding hydrogens is 264 g/mol. The van der Waals surface area contributed by atoms with Crippen LogP contribution >= 0.6 is 0 Å². The molecule has 0 saturated carbocycles. The third-order valence-electron chi connectivity index (χ3n) is 3.15. The van der Waals surface area contributed by atoms with E-state index in [1.54, 1.807) is 12.1 Å². The number of methoxy groups -OCH3 is 1. The van der Waals surface area contributed by atoms with Gasteiger partial charge in [-0.25, -0.2) is 0 Å². The van der Waals surface area contributed by atoms with E-state index in [9.17, 15) is 8.78 Å². The molecule has 1 aromatic rings. The highest BCUT2D eigenvalue weighted by atomic mass is 19.3. The Hall–Kier alpha value is -1.52. The van der Waals surface area contributed by atoms with Crippen molar-refractivity contribution in [1.82, 2.24) is 0 Å². The monoisotopic (exact) mass is 287 g/mol. The van der Waals surface area contributed by atoms with Crippen molar-refractivity contribution in [3.8, 4) is 11.5 Å². The van der Waals surface area contributed by atoms with E-state index in [2.05, 4.69) is 23.9 Å². The Kier molecular flexibility index (Phi) is 7.12. The Bertz CT molecular complexity index is 399. The number of alkyl halides is 2. The van der Waals surface area contributed by atoms with E-state index in [0.29, 0.717) is 11.8 Å². The third kappa shape index (κ3) is 5.23. The van der Waals surface area contributed by atoms with Crippen molar-refractivity contribution in [3.05, 3.63) is 18.2 Å². The summed E-state index contributed by atoms with van der Waals surface area (Å²) in [5, 5.41) is 3.35. The topological polar surface area (TPSA) is 30.5 Å². The van der Waals surface area contributed by atoms with Gasteiger partial charge in [0.1, 0.15) is 0 Å². The lowest BCUT2D eigenvalue weighted by atomic mass is 10.1. The second-order valence-electron chi connectivity index (χ2n) is 4.64. The van der Waals surface area contributed by atoms with Crippen LogP contribution in [-0.4, -0.2) is 19.8 Å². The zero-order chi connectivity index (χ0) is 15.0. The van der Waals surface area contributed by atoms with Gasteiger partial charge in [-0.15, -0.1) is 0 Å². The van der Waals surface area contributed by atoms with Crippen LogP contribution in [0.5, 0.6) is 11.5 Å². The first-order valence-electron chi connectivity index (χ1n) is 7.00. The molecule has 0 aliphatic rings. The van der Waals surface area contributed by atoms with Gasteiger partial charge in [0, 0.05) is 17.8 Å². The molecule has 0 bridgehead atoms. The Balaban J connectivity index is 2.79. The van der Waals surface area contributed by atoms with E-state index in [0.717, 1.165) is 31.4 Å². The van der Waals surface area contributed by atoms with Crippen molar-refractivity contribution in [2.45, 2.75) is 52.2 Å². The minimum absolute atomic E-state index is 0.0536. The van der Waals surface area contributed by atoms with E-state index in [1.165, 1.54) is 7.11 Å². The van der Waals surface area contributed by atoms with Gasteiger partial charge in [-0.05, 0) is 25.0 Å². The van der Waals surface area contributed by atoms with Gasteiger partial charge in [0.25, 0.3) is 0 Å². The van der Waals surface area contributed by atoms with Crippen LogP contribution < -0.4 is 14.8 Å². The Labute approximate surface area is 119 Å². The van der Waals surface area contributed by atoms with Crippen molar-refractivity contribution in [3.63, 3.8) is 0 Å². The molecule has 1 unspecified atom stereocenters. The molecule has 0 saturated heterocycles. The summed E-state index contributed by atoms with van der Waals surface area (Å²) >= 11 is 0. The zero-order valence-electron chi connectivity index (χ0n) is 12.3. The molecule has 1 aromatic carbocycles. The molecule has 0 spiro atoms. The molecule has 3 nitrogen and oxygen atoms in total. The smallest absolute Gasteiger partial charge is 0.387 e. The number of nitrogens with one attached hydrogen (secondary N) is 1. The summed E-state index contributed by atoms with van der Waals surface area (Å²) in [6, 6.07) is 5.33. The molecule has 0 fully saturated rings. The van der Waals surface area contributed by atoms with E-state index in [1.807, 2.05) is 6.07 Å². The first-order valence-corrected chi connectivity index (χ1v) is 7.00. The number of benzene rings is 1. The third-order valence-corrected chi connectivity index (χ3v) is 3.15. The van der Waals surface area contributed by atoms with Crippen molar-refractivity contribution in [2.24, 2.45) is 0 Å². The zero-order valence-corrected chi connectivity index (χ0v) is 12.3.